The van der Waals surface area contributed by atoms with Crippen LogP contribution in [0.4, 0.5) is 5.69 Å². The van der Waals surface area contributed by atoms with Gasteiger partial charge in [-0.3, -0.25) is 10.1 Å². The summed E-state index contributed by atoms with van der Waals surface area (Å²) in [5.74, 6) is 0.524. The topological polar surface area (TPSA) is 78.4 Å². The minimum absolute atomic E-state index is 0.0232. The van der Waals surface area contributed by atoms with Gasteiger partial charge in [0.25, 0.3) is 5.69 Å². The summed E-state index contributed by atoms with van der Waals surface area (Å²) in [4.78, 5) is 10.5. The molecule has 0 fully saturated rings. The number of nitrogens with two attached hydrogens (primary N) is 1. The maximum Gasteiger partial charge on any atom is 0.277 e. The number of hydrogen-bond acceptors (Lipinski definition) is 4. The minimum Gasteiger partial charge on any atom is -0.488 e. The highest BCUT2D eigenvalue weighted by Crippen LogP contribution is 2.29. The predicted octanol–water partition coefficient (Wildman–Crippen LogP) is 3.94. The molecular formula is C14H12Cl2N2O3. The van der Waals surface area contributed by atoms with Crippen LogP contribution < -0.4 is 10.5 Å². The van der Waals surface area contributed by atoms with Crippen LogP contribution in [0.5, 0.6) is 5.75 Å². The molecule has 0 bridgehead atoms. The molecule has 0 aliphatic heterocycles. The fourth-order valence-corrected chi connectivity index (χ4v) is 2.28. The first-order chi connectivity index (χ1) is 10.0. The Morgan fingerprint density at radius 1 is 1.24 bits per heavy atom. The van der Waals surface area contributed by atoms with E-state index < -0.39 is 4.92 Å². The van der Waals surface area contributed by atoms with Crippen LogP contribution in [-0.4, -0.2) is 4.92 Å². The van der Waals surface area contributed by atoms with Crippen molar-refractivity contribution in [2.45, 2.75) is 13.2 Å². The summed E-state index contributed by atoms with van der Waals surface area (Å²) in [7, 11) is 0. The second kappa shape index (κ2) is 6.76. The van der Waals surface area contributed by atoms with E-state index in [0.717, 1.165) is 5.56 Å². The van der Waals surface area contributed by atoms with Crippen molar-refractivity contribution >= 4 is 28.9 Å². The van der Waals surface area contributed by atoms with Crippen molar-refractivity contribution in [1.82, 2.24) is 0 Å². The second-order valence-corrected chi connectivity index (χ2v) is 5.08. The smallest absolute Gasteiger partial charge is 0.277 e. The molecule has 0 aliphatic rings. The standard InChI is InChI=1S/C14H12Cl2N2O3/c15-10-4-5-14(9(6-10)7-17)21-8-11-12(16)2-1-3-13(11)18(19)20/h1-6H,7-8,17H2. The third kappa shape index (κ3) is 3.64. The number of benzene rings is 2. The van der Waals surface area contributed by atoms with Crippen LogP contribution in [0.15, 0.2) is 36.4 Å². The van der Waals surface area contributed by atoms with Gasteiger partial charge in [-0.15, -0.1) is 0 Å². The normalized spacial score (nSPS) is 10.4. The lowest BCUT2D eigenvalue weighted by Crippen LogP contribution is -2.05. The van der Waals surface area contributed by atoms with Gasteiger partial charge in [-0.05, 0) is 24.3 Å². The van der Waals surface area contributed by atoms with Gasteiger partial charge in [0, 0.05) is 23.2 Å². The zero-order valence-electron chi connectivity index (χ0n) is 10.9. The van der Waals surface area contributed by atoms with E-state index >= 15 is 0 Å². The Labute approximate surface area is 131 Å². The molecule has 0 heterocycles. The molecule has 0 unspecified atom stereocenters. The third-order valence-corrected chi connectivity index (χ3v) is 3.49. The zero-order valence-corrected chi connectivity index (χ0v) is 12.4. The lowest BCUT2D eigenvalue weighted by Gasteiger charge is -2.12. The second-order valence-electron chi connectivity index (χ2n) is 4.24. The highest BCUT2D eigenvalue weighted by molar-refractivity contribution is 6.31. The molecule has 5 nitrogen and oxygen atoms in total. The van der Waals surface area contributed by atoms with Crippen molar-refractivity contribution in [1.29, 1.82) is 0 Å². The quantitative estimate of drug-likeness (QED) is 0.666. The van der Waals surface area contributed by atoms with Crippen LogP contribution in [0.1, 0.15) is 11.1 Å². The summed E-state index contributed by atoms with van der Waals surface area (Å²) < 4.78 is 5.61. The van der Waals surface area contributed by atoms with E-state index in [4.69, 9.17) is 33.7 Å². The number of ether oxygens (including phenoxy) is 1. The van der Waals surface area contributed by atoms with Gasteiger partial charge >= 0.3 is 0 Å². The van der Waals surface area contributed by atoms with Crippen LogP contribution in [0.2, 0.25) is 10.0 Å². The molecule has 21 heavy (non-hydrogen) atoms. The molecule has 0 aliphatic carbocycles. The summed E-state index contributed by atoms with van der Waals surface area (Å²) in [5, 5.41) is 11.8. The molecular weight excluding hydrogens is 315 g/mol. The molecule has 0 radical (unpaired) electrons. The van der Waals surface area contributed by atoms with E-state index in [1.807, 2.05) is 0 Å². The maximum absolute atomic E-state index is 11.0. The predicted molar refractivity (Wildman–Crippen MR) is 81.8 cm³/mol. The lowest BCUT2D eigenvalue weighted by molar-refractivity contribution is -0.385. The Hall–Kier alpha value is -1.82. The first kappa shape index (κ1) is 15.6. The van der Waals surface area contributed by atoms with Gasteiger partial charge in [0.1, 0.15) is 12.4 Å². The van der Waals surface area contributed by atoms with Crippen LogP contribution in [0, 0.1) is 10.1 Å². The lowest BCUT2D eigenvalue weighted by atomic mass is 10.2. The van der Waals surface area contributed by atoms with E-state index in [0.29, 0.717) is 16.3 Å². The molecule has 110 valence electrons. The monoisotopic (exact) mass is 326 g/mol. The van der Waals surface area contributed by atoms with E-state index in [9.17, 15) is 10.1 Å². The Balaban J connectivity index is 2.27. The first-order valence-corrected chi connectivity index (χ1v) is 6.81. The van der Waals surface area contributed by atoms with Gasteiger partial charge in [0.2, 0.25) is 0 Å². The van der Waals surface area contributed by atoms with E-state index in [1.165, 1.54) is 12.1 Å². The molecule has 7 heteroatoms. The SMILES string of the molecule is NCc1cc(Cl)ccc1OCc1c(Cl)cccc1[N+](=O)[O-]. The largest absolute Gasteiger partial charge is 0.488 e. The molecule has 0 saturated heterocycles. The molecule has 0 saturated carbocycles. The highest BCUT2D eigenvalue weighted by Gasteiger charge is 2.17. The number of nitro groups is 1. The highest BCUT2D eigenvalue weighted by atomic mass is 35.5. The average Bonchev–Trinajstić information content (AvgIpc) is 2.46. The average molecular weight is 327 g/mol. The molecule has 0 atom stereocenters. The Morgan fingerprint density at radius 2 is 2.00 bits per heavy atom. The van der Waals surface area contributed by atoms with E-state index in [-0.39, 0.29) is 23.9 Å². The van der Waals surface area contributed by atoms with Crippen LogP contribution in [0.25, 0.3) is 0 Å². The molecule has 2 aromatic carbocycles. The maximum atomic E-state index is 11.0. The summed E-state index contributed by atoms with van der Waals surface area (Å²) in [6.45, 7) is 0.227. The minimum atomic E-state index is -0.490. The van der Waals surface area contributed by atoms with Crippen molar-refractivity contribution in [3.05, 3.63) is 67.7 Å². The number of nitro benzene ring substituents is 1. The van der Waals surface area contributed by atoms with Gasteiger partial charge in [0.15, 0.2) is 0 Å². The van der Waals surface area contributed by atoms with E-state index in [1.54, 1.807) is 24.3 Å². The van der Waals surface area contributed by atoms with Gasteiger partial charge < -0.3 is 10.5 Å². The fraction of sp³-hybridized carbons (Fsp3) is 0.143. The molecule has 0 spiro atoms. The number of halogens is 2. The fourth-order valence-electron chi connectivity index (χ4n) is 1.86. The van der Waals surface area contributed by atoms with Crippen LogP contribution in [-0.2, 0) is 13.2 Å². The summed E-state index contributed by atoms with van der Waals surface area (Å²) in [6.07, 6.45) is 0. The van der Waals surface area contributed by atoms with Crippen molar-refractivity contribution in [2.24, 2.45) is 5.73 Å². The van der Waals surface area contributed by atoms with Crippen molar-refractivity contribution in [3.8, 4) is 5.75 Å². The molecule has 2 aromatic rings. The first-order valence-electron chi connectivity index (χ1n) is 6.06. The molecule has 0 aromatic heterocycles. The van der Waals surface area contributed by atoms with Gasteiger partial charge in [-0.1, -0.05) is 29.3 Å². The summed E-state index contributed by atoms with van der Waals surface area (Å²) in [6, 6.07) is 9.52. The van der Waals surface area contributed by atoms with Crippen LogP contribution in [0.3, 0.4) is 0 Å². The summed E-state index contributed by atoms with van der Waals surface area (Å²) in [5.41, 5.74) is 6.59. The molecule has 2 N–H and O–H groups in total. The van der Waals surface area contributed by atoms with Crippen LogP contribution >= 0.6 is 23.2 Å². The van der Waals surface area contributed by atoms with Crippen molar-refractivity contribution in [2.75, 3.05) is 0 Å². The summed E-state index contributed by atoms with van der Waals surface area (Å²) >= 11 is 11.9. The van der Waals surface area contributed by atoms with Crippen molar-refractivity contribution in [3.63, 3.8) is 0 Å². The zero-order chi connectivity index (χ0) is 15.4. The van der Waals surface area contributed by atoms with Gasteiger partial charge in [-0.2, -0.15) is 0 Å². The Kier molecular flexibility index (Phi) is 5.01. The number of rotatable bonds is 5. The third-order valence-electron chi connectivity index (χ3n) is 2.91. The van der Waals surface area contributed by atoms with E-state index in [2.05, 4.69) is 0 Å². The van der Waals surface area contributed by atoms with Gasteiger partial charge in [0.05, 0.1) is 15.5 Å². The van der Waals surface area contributed by atoms with Crippen molar-refractivity contribution < 1.29 is 9.66 Å². The number of hydrogen-bond donors (Lipinski definition) is 1. The molecule has 2 rings (SSSR count). The Morgan fingerprint density at radius 3 is 2.67 bits per heavy atom. The van der Waals surface area contributed by atoms with Gasteiger partial charge in [-0.25, -0.2) is 0 Å². The number of nitrogens with zero attached hydrogens (tertiary/aromatic N) is 1. The Bertz CT molecular complexity index is 677. The molecule has 0 amide bonds.